The van der Waals surface area contributed by atoms with Gasteiger partial charge in [-0.15, -0.1) is 6.58 Å². The number of ether oxygens (including phenoxy) is 6. The molecule has 2 saturated heterocycles. The molecule has 2 heterocycles. The van der Waals surface area contributed by atoms with Gasteiger partial charge in [0.1, 0.15) is 19.0 Å². The highest BCUT2D eigenvalue weighted by Crippen LogP contribution is 2.56. The van der Waals surface area contributed by atoms with Crippen molar-refractivity contribution in [3.63, 3.8) is 0 Å². The topological polar surface area (TPSA) is 102 Å². The highest BCUT2D eigenvalue weighted by Gasteiger charge is 2.67. The smallest absolute Gasteiger partial charge is 0.338 e. The van der Waals surface area contributed by atoms with Gasteiger partial charge in [-0.25, -0.2) is 4.79 Å². The monoisotopic (exact) mass is 760 g/mol. The molecule has 54 heavy (non-hydrogen) atoms. The van der Waals surface area contributed by atoms with Crippen LogP contribution in [0.2, 0.25) is 5.04 Å². The van der Waals surface area contributed by atoms with E-state index in [1.807, 2.05) is 44.2 Å². The molecular weight excluding hydrogens is 701 g/mol. The molecule has 2 aliphatic rings. The fourth-order valence-corrected chi connectivity index (χ4v) is 12.8. The van der Waals surface area contributed by atoms with Crippen LogP contribution in [0.3, 0.4) is 0 Å². The van der Waals surface area contributed by atoms with Crippen molar-refractivity contribution in [2.45, 2.75) is 102 Å². The summed E-state index contributed by atoms with van der Waals surface area (Å²) in [5.41, 5.74) is -0.351. The largest absolute Gasteiger partial charge is 0.458 e. The van der Waals surface area contributed by atoms with Crippen molar-refractivity contribution in [2.24, 2.45) is 11.3 Å². The zero-order valence-electron chi connectivity index (χ0n) is 33.1. The van der Waals surface area contributed by atoms with E-state index in [-0.39, 0.29) is 24.2 Å². The lowest BCUT2D eigenvalue weighted by atomic mass is 9.72. The van der Waals surface area contributed by atoms with E-state index in [1.165, 1.54) is 10.4 Å². The maximum atomic E-state index is 13.6. The third kappa shape index (κ3) is 8.77. The van der Waals surface area contributed by atoms with E-state index in [1.54, 1.807) is 25.3 Å². The van der Waals surface area contributed by atoms with E-state index in [2.05, 4.69) is 82.8 Å². The molecule has 10 heteroatoms. The fourth-order valence-electron chi connectivity index (χ4n) is 8.19. The molecule has 1 N–H and O–H groups in total. The van der Waals surface area contributed by atoms with Crippen LogP contribution in [0.15, 0.2) is 104 Å². The molecule has 294 valence electrons. The van der Waals surface area contributed by atoms with Gasteiger partial charge >= 0.3 is 5.97 Å². The Morgan fingerprint density at radius 1 is 0.944 bits per heavy atom. The molecule has 0 saturated carbocycles. The molecule has 1 spiro atoms. The minimum absolute atomic E-state index is 0.0210. The molecule has 3 aromatic carbocycles. The molecule has 0 amide bonds. The Morgan fingerprint density at radius 2 is 1.54 bits per heavy atom. The molecule has 0 aromatic heterocycles. The van der Waals surface area contributed by atoms with Crippen LogP contribution >= 0.6 is 0 Å². The zero-order valence-corrected chi connectivity index (χ0v) is 34.1. The Kier molecular flexibility index (Phi) is 14.1. The number of hydrogen-bond acceptors (Lipinski definition) is 9. The first-order chi connectivity index (χ1) is 25.8. The summed E-state index contributed by atoms with van der Waals surface area (Å²) in [4.78, 5) is 13.6. The highest BCUT2D eigenvalue weighted by atomic mass is 28.4. The number of rotatable bonds is 17. The summed E-state index contributed by atoms with van der Waals surface area (Å²) in [5, 5.41) is 13.6. The van der Waals surface area contributed by atoms with Crippen molar-refractivity contribution < 1.29 is 42.7 Å². The van der Waals surface area contributed by atoms with Gasteiger partial charge in [0, 0.05) is 31.5 Å². The van der Waals surface area contributed by atoms with Crippen LogP contribution < -0.4 is 10.4 Å². The average Bonchev–Trinajstić information content (AvgIpc) is 3.37. The first-order valence-corrected chi connectivity index (χ1v) is 21.1. The van der Waals surface area contributed by atoms with Gasteiger partial charge in [-0.05, 0) is 40.4 Å². The number of hydrogen-bond donors (Lipinski definition) is 1. The Bertz CT molecular complexity index is 1570. The second-order valence-corrected chi connectivity index (χ2v) is 20.4. The molecule has 5 rings (SSSR count). The van der Waals surface area contributed by atoms with Gasteiger partial charge < -0.3 is 38.0 Å². The summed E-state index contributed by atoms with van der Waals surface area (Å²) in [6.45, 7) is 17.9. The van der Waals surface area contributed by atoms with E-state index in [0.29, 0.717) is 38.2 Å². The zero-order chi connectivity index (χ0) is 39.0. The molecule has 2 fully saturated rings. The van der Waals surface area contributed by atoms with Crippen LogP contribution in [-0.2, 0) is 32.8 Å². The van der Waals surface area contributed by atoms with Crippen molar-refractivity contribution in [2.75, 3.05) is 33.7 Å². The quantitative estimate of drug-likeness (QED) is 0.0532. The second kappa shape index (κ2) is 18.2. The first-order valence-electron chi connectivity index (χ1n) is 19.1. The average molecular weight is 761 g/mol. The lowest BCUT2D eigenvalue weighted by Gasteiger charge is -2.51. The van der Waals surface area contributed by atoms with E-state index in [4.69, 9.17) is 32.8 Å². The Balaban J connectivity index is 1.49. The standard InChI is InChI=1S/C44H60O9Si/c1-9-19-36(45)39-40(49-31-48-29-28-47-8)43(6,7)44(53-39)30-38(51-41(46)33-20-13-10-14-21-33)32(2)37(52-44)26-27-50-54(42(3,4)5,34-22-15-11-16-23-34)35-24-17-12-18-25-35/h9-18,20-25,32,36-40,45H,1,19,26-31H2,2-8H3/t32-,36-,37+,38-,39-,40+,44-/m1/s1. The third-order valence-corrected chi connectivity index (χ3v) is 16.3. The molecular formula is C44H60O9Si. The van der Waals surface area contributed by atoms with Crippen LogP contribution in [0.5, 0.6) is 0 Å². The Labute approximate surface area is 323 Å². The van der Waals surface area contributed by atoms with Crippen molar-refractivity contribution in [1.82, 2.24) is 0 Å². The summed E-state index contributed by atoms with van der Waals surface area (Å²) >= 11 is 0. The predicted molar refractivity (Wildman–Crippen MR) is 212 cm³/mol. The van der Waals surface area contributed by atoms with Gasteiger partial charge in [0.25, 0.3) is 8.32 Å². The van der Waals surface area contributed by atoms with Gasteiger partial charge in [-0.1, -0.05) is 126 Å². The third-order valence-electron chi connectivity index (χ3n) is 11.3. The van der Waals surface area contributed by atoms with Crippen LogP contribution in [0, 0.1) is 11.3 Å². The number of carbonyl (C=O) groups excluding carboxylic acids is 1. The summed E-state index contributed by atoms with van der Waals surface area (Å²) in [6, 6.07) is 30.1. The number of methoxy groups -OCH3 is 1. The van der Waals surface area contributed by atoms with Crippen LogP contribution in [0.1, 0.15) is 71.2 Å². The van der Waals surface area contributed by atoms with Crippen LogP contribution in [-0.4, -0.2) is 89.4 Å². The Hall–Kier alpha value is -3.19. The maximum absolute atomic E-state index is 13.6. The van der Waals surface area contributed by atoms with Gasteiger partial charge in [0.05, 0.1) is 37.1 Å². The summed E-state index contributed by atoms with van der Waals surface area (Å²) in [6.07, 6.45) is -0.603. The lowest BCUT2D eigenvalue weighted by molar-refractivity contribution is -0.335. The SMILES string of the molecule is C=CC[C@@H](O)[C@H]1O[C@]2(C[C@@H](OC(=O)c3ccccc3)[C@H](C)[C@H](CCO[Si](c3ccccc3)(c3ccccc3)C(C)(C)C)O2)C(C)(C)[C@H]1OCOCCOC. The van der Waals surface area contributed by atoms with E-state index < -0.39 is 56.0 Å². The van der Waals surface area contributed by atoms with E-state index in [9.17, 15) is 9.90 Å². The molecule has 9 nitrogen and oxygen atoms in total. The van der Waals surface area contributed by atoms with Gasteiger partial charge in [0.2, 0.25) is 0 Å². The number of aliphatic hydroxyl groups is 1. The van der Waals surface area contributed by atoms with Crippen molar-refractivity contribution in [3.8, 4) is 0 Å². The minimum atomic E-state index is -2.84. The Morgan fingerprint density at radius 3 is 2.09 bits per heavy atom. The van der Waals surface area contributed by atoms with Crippen molar-refractivity contribution in [3.05, 3.63) is 109 Å². The molecule has 0 unspecified atom stereocenters. The van der Waals surface area contributed by atoms with Gasteiger partial charge in [-0.2, -0.15) is 0 Å². The van der Waals surface area contributed by atoms with Crippen molar-refractivity contribution >= 4 is 24.7 Å². The van der Waals surface area contributed by atoms with E-state index >= 15 is 0 Å². The van der Waals surface area contributed by atoms with Crippen LogP contribution in [0.25, 0.3) is 0 Å². The van der Waals surface area contributed by atoms with E-state index in [0.717, 1.165) is 0 Å². The van der Waals surface area contributed by atoms with Crippen LogP contribution in [0.4, 0.5) is 0 Å². The molecule has 7 atom stereocenters. The minimum Gasteiger partial charge on any atom is -0.458 e. The normalized spacial score (nSPS) is 26.0. The highest BCUT2D eigenvalue weighted by molar-refractivity contribution is 6.99. The number of aliphatic hydroxyl groups excluding tert-OH is 1. The maximum Gasteiger partial charge on any atom is 0.338 e. The molecule has 0 bridgehead atoms. The predicted octanol–water partition coefficient (Wildman–Crippen LogP) is 6.67. The molecule has 0 radical (unpaired) electrons. The molecule has 0 aliphatic carbocycles. The summed E-state index contributed by atoms with van der Waals surface area (Å²) in [5.74, 6) is -1.91. The first kappa shape index (κ1) is 42.0. The molecule has 3 aromatic rings. The molecule has 2 aliphatic heterocycles. The summed E-state index contributed by atoms with van der Waals surface area (Å²) in [7, 11) is -1.23. The van der Waals surface area contributed by atoms with Gasteiger partial charge in [-0.3, -0.25) is 0 Å². The second-order valence-electron chi connectivity index (χ2n) is 16.1. The number of benzene rings is 3. The number of esters is 1. The summed E-state index contributed by atoms with van der Waals surface area (Å²) < 4.78 is 45.0. The number of carbonyl (C=O) groups is 1. The lowest BCUT2D eigenvalue weighted by Crippen LogP contribution is -2.66. The van der Waals surface area contributed by atoms with Gasteiger partial charge in [0.15, 0.2) is 5.79 Å². The fraction of sp³-hybridized carbons (Fsp3) is 0.523. The van der Waals surface area contributed by atoms with Crippen molar-refractivity contribution in [1.29, 1.82) is 0 Å².